The standard InChI is InChI=1S/C14H22N2O2/c1-3-13(10-18-2)16-14(17)8-11-6-4-5-7-12(11)9-15/h4-7,13H,3,8-10,15H2,1-2H3,(H,16,17). The molecule has 4 heteroatoms. The van der Waals surface area contributed by atoms with E-state index in [1.54, 1.807) is 7.11 Å². The Morgan fingerprint density at radius 3 is 2.61 bits per heavy atom. The van der Waals surface area contributed by atoms with Crippen LogP contribution in [-0.4, -0.2) is 25.7 Å². The Labute approximate surface area is 109 Å². The smallest absolute Gasteiger partial charge is 0.224 e. The number of hydrogen-bond acceptors (Lipinski definition) is 3. The first kappa shape index (κ1) is 14.7. The lowest BCUT2D eigenvalue weighted by Crippen LogP contribution is -2.38. The molecule has 0 fully saturated rings. The van der Waals surface area contributed by atoms with Crippen LogP contribution >= 0.6 is 0 Å². The molecule has 1 amide bonds. The van der Waals surface area contributed by atoms with E-state index in [1.807, 2.05) is 31.2 Å². The van der Waals surface area contributed by atoms with E-state index in [2.05, 4.69) is 5.32 Å². The fraction of sp³-hybridized carbons (Fsp3) is 0.500. The van der Waals surface area contributed by atoms with E-state index in [0.29, 0.717) is 19.6 Å². The van der Waals surface area contributed by atoms with Gasteiger partial charge in [0.25, 0.3) is 0 Å². The highest BCUT2D eigenvalue weighted by Crippen LogP contribution is 2.08. The van der Waals surface area contributed by atoms with Gasteiger partial charge in [-0.3, -0.25) is 4.79 Å². The highest BCUT2D eigenvalue weighted by atomic mass is 16.5. The van der Waals surface area contributed by atoms with Crippen molar-refractivity contribution in [3.63, 3.8) is 0 Å². The predicted molar refractivity (Wildman–Crippen MR) is 72.1 cm³/mol. The fourth-order valence-electron chi connectivity index (χ4n) is 1.84. The third-order valence-corrected chi connectivity index (χ3v) is 2.92. The molecule has 100 valence electrons. The molecule has 0 radical (unpaired) electrons. The minimum absolute atomic E-state index is 0.0137. The molecule has 0 aliphatic heterocycles. The summed E-state index contributed by atoms with van der Waals surface area (Å²) in [6, 6.07) is 7.83. The Morgan fingerprint density at radius 2 is 2.06 bits per heavy atom. The van der Waals surface area contributed by atoms with E-state index in [0.717, 1.165) is 17.5 Å². The first-order chi connectivity index (χ1) is 8.71. The van der Waals surface area contributed by atoms with Gasteiger partial charge in [0, 0.05) is 13.7 Å². The van der Waals surface area contributed by atoms with Gasteiger partial charge in [-0.05, 0) is 17.5 Å². The number of methoxy groups -OCH3 is 1. The molecule has 1 aromatic carbocycles. The number of benzene rings is 1. The number of rotatable bonds is 7. The number of nitrogens with one attached hydrogen (secondary N) is 1. The van der Waals surface area contributed by atoms with E-state index < -0.39 is 0 Å². The van der Waals surface area contributed by atoms with Crippen molar-refractivity contribution < 1.29 is 9.53 Å². The van der Waals surface area contributed by atoms with Gasteiger partial charge in [-0.25, -0.2) is 0 Å². The van der Waals surface area contributed by atoms with Gasteiger partial charge in [-0.1, -0.05) is 31.2 Å². The number of ether oxygens (including phenoxy) is 1. The van der Waals surface area contributed by atoms with Gasteiger partial charge in [-0.2, -0.15) is 0 Å². The molecule has 18 heavy (non-hydrogen) atoms. The number of amides is 1. The van der Waals surface area contributed by atoms with Crippen LogP contribution in [0.25, 0.3) is 0 Å². The van der Waals surface area contributed by atoms with E-state index in [9.17, 15) is 4.79 Å². The average Bonchev–Trinajstić information content (AvgIpc) is 2.38. The van der Waals surface area contributed by atoms with Gasteiger partial charge in [0.2, 0.25) is 5.91 Å². The molecule has 1 rings (SSSR count). The zero-order chi connectivity index (χ0) is 13.4. The second-order valence-corrected chi connectivity index (χ2v) is 4.28. The van der Waals surface area contributed by atoms with Crippen molar-refractivity contribution in [3.05, 3.63) is 35.4 Å². The Bertz CT molecular complexity index is 380. The number of hydrogen-bond donors (Lipinski definition) is 2. The molecule has 0 aromatic heterocycles. The molecule has 0 saturated carbocycles. The normalized spacial score (nSPS) is 12.2. The lowest BCUT2D eigenvalue weighted by Gasteiger charge is -2.16. The molecule has 1 atom stereocenters. The van der Waals surface area contributed by atoms with Crippen LogP contribution in [0.1, 0.15) is 24.5 Å². The van der Waals surface area contributed by atoms with Gasteiger partial charge in [0.05, 0.1) is 19.1 Å². The largest absolute Gasteiger partial charge is 0.383 e. The highest BCUT2D eigenvalue weighted by molar-refractivity contribution is 5.79. The van der Waals surface area contributed by atoms with Crippen molar-refractivity contribution in [3.8, 4) is 0 Å². The monoisotopic (exact) mass is 250 g/mol. The fourth-order valence-corrected chi connectivity index (χ4v) is 1.84. The van der Waals surface area contributed by atoms with Crippen LogP contribution in [0.2, 0.25) is 0 Å². The first-order valence-electron chi connectivity index (χ1n) is 6.26. The summed E-state index contributed by atoms with van der Waals surface area (Å²) >= 11 is 0. The van der Waals surface area contributed by atoms with Crippen LogP contribution in [0.4, 0.5) is 0 Å². The van der Waals surface area contributed by atoms with Crippen molar-refractivity contribution >= 4 is 5.91 Å². The summed E-state index contributed by atoms with van der Waals surface area (Å²) in [5, 5.41) is 2.96. The van der Waals surface area contributed by atoms with Crippen molar-refractivity contribution in [2.24, 2.45) is 5.73 Å². The lowest BCUT2D eigenvalue weighted by atomic mass is 10.0. The molecule has 0 aliphatic carbocycles. The summed E-state index contributed by atoms with van der Waals surface area (Å²) in [5.41, 5.74) is 7.66. The number of carbonyl (C=O) groups is 1. The van der Waals surface area contributed by atoms with Gasteiger partial charge in [-0.15, -0.1) is 0 Å². The van der Waals surface area contributed by atoms with Crippen molar-refractivity contribution in [1.29, 1.82) is 0 Å². The van der Waals surface area contributed by atoms with Crippen LogP contribution in [0.15, 0.2) is 24.3 Å². The molecule has 4 nitrogen and oxygen atoms in total. The molecule has 0 bridgehead atoms. The first-order valence-corrected chi connectivity index (χ1v) is 6.26. The predicted octanol–water partition coefficient (Wildman–Crippen LogP) is 1.23. The second-order valence-electron chi connectivity index (χ2n) is 4.28. The topological polar surface area (TPSA) is 64.3 Å². The van der Waals surface area contributed by atoms with E-state index >= 15 is 0 Å². The second kappa shape index (κ2) is 7.84. The minimum Gasteiger partial charge on any atom is -0.383 e. The van der Waals surface area contributed by atoms with Crippen molar-refractivity contribution in [1.82, 2.24) is 5.32 Å². The third kappa shape index (κ3) is 4.47. The summed E-state index contributed by atoms with van der Waals surface area (Å²) in [6.07, 6.45) is 1.23. The summed E-state index contributed by atoms with van der Waals surface area (Å²) in [7, 11) is 1.64. The molecule has 0 aliphatic rings. The zero-order valence-electron chi connectivity index (χ0n) is 11.1. The Kier molecular flexibility index (Phi) is 6.39. The maximum Gasteiger partial charge on any atom is 0.224 e. The van der Waals surface area contributed by atoms with Crippen molar-refractivity contribution in [2.75, 3.05) is 13.7 Å². The van der Waals surface area contributed by atoms with Crippen LogP contribution < -0.4 is 11.1 Å². The zero-order valence-corrected chi connectivity index (χ0v) is 11.1. The molecular formula is C14H22N2O2. The summed E-state index contributed by atoms with van der Waals surface area (Å²) < 4.78 is 5.06. The van der Waals surface area contributed by atoms with Crippen LogP contribution in [-0.2, 0) is 22.5 Å². The van der Waals surface area contributed by atoms with Crippen molar-refractivity contribution in [2.45, 2.75) is 32.4 Å². The van der Waals surface area contributed by atoms with E-state index in [-0.39, 0.29) is 11.9 Å². The minimum atomic E-state index is 0.0137. The number of nitrogens with two attached hydrogens (primary N) is 1. The van der Waals surface area contributed by atoms with Gasteiger partial charge >= 0.3 is 0 Å². The van der Waals surface area contributed by atoms with Gasteiger partial charge < -0.3 is 15.8 Å². The summed E-state index contributed by atoms with van der Waals surface area (Å²) in [5.74, 6) is 0.0137. The van der Waals surface area contributed by atoms with E-state index in [4.69, 9.17) is 10.5 Å². The number of carbonyl (C=O) groups excluding carboxylic acids is 1. The molecule has 1 aromatic rings. The Balaban J connectivity index is 2.58. The lowest BCUT2D eigenvalue weighted by molar-refractivity contribution is -0.121. The molecular weight excluding hydrogens is 228 g/mol. The summed E-state index contributed by atoms with van der Waals surface area (Å²) in [6.45, 7) is 3.03. The van der Waals surface area contributed by atoms with Crippen LogP contribution in [0.3, 0.4) is 0 Å². The van der Waals surface area contributed by atoms with Gasteiger partial charge in [0.15, 0.2) is 0 Å². The van der Waals surface area contributed by atoms with Crippen LogP contribution in [0, 0.1) is 0 Å². The Morgan fingerprint density at radius 1 is 1.39 bits per heavy atom. The van der Waals surface area contributed by atoms with Gasteiger partial charge in [0.1, 0.15) is 0 Å². The average molecular weight is 250 g/mol. The molecule has 0 heterocycles. The highest BCUT2D eigenvalue weighted by Gasteiger charge is 2.11. The molecule has 1 unspecified atom stereocenters. The third-order valence-electron chi connectivity index (χ3n) is 2.92. The SMILES string of the molecule is CCC(COC)NC(=O)Cc1ccccc1CN. The summed E-state index contributed by atoms with van der Waals surface area (Å²) in [4.78, 5) is 11.9. The Hall–Kier alpha value is -1.39. The van der Waals surface area contributed by atoms with E-state index in [1.165, 1.54) is 0 Å². The maximum absolute atomic E-state index is 11.9. The molecule has 0 spiro atoms. The molecule has 0 saturated heterocycles. The maximum atomic E-state index is 11.9. The quantitative estimate of drug-likeness (QED) is 0.765. The van der Waals surface area contributed by atoms with Crippen LogP contribution in [0.5, 0.6) is 0 Å². The molecule has 3 N–H and O–H groups in total.